The Balaban J connectivity index is 0.000000161. The molecule has 6 nitrogen and oxygen atoms in total. The van der Waals surface area contributed by atoms with Gasteiger partial charge in [0, 0.05) is 31.2 Å². The maximum absolute atomic E-state index is 6.00. The zero-order valence-corrected chi connectivity index (χ0v) is 17.4. The van der Waals surface area contributed by atoms with Crippen molar-refractivity contribution in [3.05, 3.63) is 67.6 Å². The number of ether oxygens (including phenoxy) is 2. The van der Waals surface area contributed by atoms with Crippen molar-refractivity contribution in [1.29, 1.82) is 0 Å². The van der Waals surface area contributed by atoms with Crippen LogP contribution in [0.2, 0.25) is 20.1 Å². The first kappa shape index (κ1) is 20.9. The third-order valence-corrected chi connectivity index (χ3v) is 5.14. The maximum Gasteiger partial charge on any atom is 0.282 e. The summed E-state index contributed by atoms with van der Waals surface area (Å²) >= 11 is 23.7. The Kier molecular flexibility index (Phi) is 6.78. The van der Waals surface area contributed by atoms with E-state index in [4.69, 9.17) is 67.3 Å². The molecule has 2 aromatic carbocycles. The summed E-state index contributed by atoms with van der Waals surface area (Å²) in [5.41, 5.74) is 12.5. The van der Waals surface area contributed by atoms with Gasteiger partial charge in [-0.15, -0.1) is 0 Å². The summed E-state index contributed by atoms with van der Waals surface area (Å²) in [5.74, 6) is 0. The van der Waals surface area contributed by atoms with Crippen LogP contribution < -0.4 is 11.5 Å². The van der Waals surface area contributed by atoms with Gasteiger partial charge in [-0.25, -0.2) is 9.98 Å². The smallest absolute Gasteiger partial charge is 0.282 e. The number of halogens is 4. The van der Waals surface area contributed by atoms with E-state index >= 15 is 0 Å². The molecule has 4 rings (SSSR count). The van der Waals surface area contributed by atoms with Gasteiger partial charge in [-0.2, -0.15) is 0 Å². The molecule has 2 aliphatic heterocycles. The van der Waals surface area contributed by atoms with Crippen LogP contribution in [-0.4, -0.2) is 25.3 Å². The molecule has 2 atom stereocenters. The molecule has 0 aromatic heterocycles. The number of benzene rings is 2. The Morgan fingerprint density at radius 2 is 1.11 bits per heavy atom. The molecular weight excluding hydrogens is 446 g/mol. The van der Waals surface area contributed by atoms with Gasteiger partial charge in [-0.05, 0) is 36.4 Å². The van der Waals surface area contributed by atoms with Crippen LogP contribution in [0.25, 0.3) is 0 Å². The molecule has 0 unspecified atom stereocenters. The third-order valence-electron chi connectivity index (χ3n) is 3.98. The number of nitrogens with zero attached hydrogens (tertiary/aromatic N) is 2. The van der Waals surface area contributed by atoms with Crippen LogP contribution in [0.3, 0.4) is 0 Å². The molecule has 2 aliphatic rings. The predicted molar refractivity (Wildman–Crippen MR) is 114 cm³/mol. The largest absolute Gasteiger partial charge is 0.463 e. The van der Waals surface area contributed by atoms with Crippen LogP contribution in [-0.2, 0) is 9.47 Å². The van der Waals surface area contributed by atoms with Gasteiger partial charge in [0.25, 0.3) is 12.0 Å². The standard InChI is InChI=1S/2C9H8Cl2N2O/c2*10-5-1-2-7(11)6(3-5)8-4-14-9(12)13-8/h2*1-3,8H,4H2,(H2,12,13)/t2*8-/m10/s1. The van der Waals surface area contributed by atoms with E-state index in [-0.39, 0.29) is 24.1 Å². The first-order valence-electron chi connectivity index (χ1n) is 8.15. The highest BCUT2D eigenvalue weighted by atomic mass is 35.5. The molecular formula is C18H16Cl4N4O2. The Labute approximate surface area is 182 Å². The van der Waals surface area contributed by atoms with E-state index in [9.17, 15) is 0 Å². The SMILES string of the molecule is NC1=N[C@@H](c2cc(Cl)ccc2Cl)CO1.NC1=N[C@H](c2cc(Cl)ccc2Cl)CO1. The number of rotatable bonds is 2. The van der Waals surface area contributed by atoms with Crippen LogP contribution in [0.1, 0.15) is 23.2 Å². The zero-order chi connectivity index (χ0) is 20.3. The molecule has 28 heavy (non-hydrogen) atoms. The van der Waals surface area contributed by atoms with E-state index in [1.54, 1.807) is 36.4 Å². The highest BCUT2D eigenvalue weighted by molar-refractivity contribution is 6.34. The van der Waals surface area contributed by atoms with Gasteiger partial charge in [-0.3, -0.25) is 0 Å². The molecule has 0 saturated heterocycles. The fourth-order valence-corrected chi connectivity index (χ4v) is 3.49. The Bertz CT molecular complexity index is 860. The minimum absolute atomic E-state index is 0.138. The molecule has 4 N–H and O–H groups in total. The lowest BCUT2D eigenvalue weighted by Crippen LogP contribution is -2.10. The number of aliphatic imine (C=N–C) groups is 2. The van der Waals surface area contributed by atoms with E-state index in [0.29, 0.717) is 33.3 Å². The summed E-state index contributed by atoms with van der Waals surface area (Å²) in [6.07, 6.45) is 0. The fraction of sp³-hybridized carbons (Fsp3) is 0.222. The second-order valence-corrected chi connectivity index (χ2v) is 7.61. The average molecular weight is 462 g/mol. The lowest BCUT2D eigenvalue weighted by molar-refractivity contribution is 0.315. The highest BCUT2D eigenvalue weighted by Crippen LogP contribution is 2.31. The molecule has 0 amide bonds. The van der Waals surface area contributed by atoms with E-state index < -0.39 is 0 Å². The first-order chi connectivity index (χ1) is 13.3. The van der Waals surface area contributed by atoms with Crippen molar-refractivity contribution >= 4 is 58.4 Å². The van der Waals surface area contributed by atoms with Gasteiger partial charge in [-0.1, -0.05) is 46.4 Å². The number of hydrogen-bond acceptors (Lipinski definition) is 6. The normalized spacial score (nSPS) is 20.4. The minimum atomic E-state index is -0.138. The Hall–Kier alpha value is -1.86. The van der Waals surface area contributed by atoms with Crippen LogP contribution in [0.5, 0.6) is 0 Å². The van der Waals surface area contributed by atoms with Crippen molar-refractivity contribution in [2.45, 2.75) is 12.1 Å². The molecule has 0 bridgehead atoms. The number of nitrogens with two attached hydrogens (primary N) is 2. The number of hydrogen-bond donors (Lipinski definition) is 2. The monoisotopic (exact) mass is 460 g/mol. The third kappa shape index (κ3) is 5.14. The summed E-state index contributed by atoms with van der Waals surface area (Å²) in [4.78, 5) is 8.18. The van der Waals surface area contributed by atoms with Crippen molar-refractivity contribution in [1.82, 2.24) is 0 Å². The lowest BCUT2D eigenvalue weighted by atomic mass is 10.1. The van der Waals surface area contributed by atoms with Gasteiger partial charge in [0.1, 0.15) is 25.3 Å². The van der Waals surface area contributed by atoms with Crippen LogP contribution >= 0.6 is 46.4 Å². The van der Waals surface area contributed by atoms with E-state index in [0.717, 1.165) is 11.1 Å². The second kappa shape index (κ2) is 9.09. The molecule has 148 valence electrons. The van der Waals surface area contributed by atoms with E-state index in [1.807, 2.05) is 0 Å². The second-order valence-electron chi connectivity index (χ2n) is 5.92. The molecule has 0 radical (unpaired) electrons. The van der Waals surface area contributed by atoms with Crippen LogP contribution in [0, 0.1) is 0 Å². The fourth-order valence-electron chi connectivity index (χ4n) is 2.64. The van der Waals surface area contributed by atoms with Crippen LogP contribution in [0.15, 0.2) is 46.4 Å². The first-order valence-corrected chi connectivity index (χ1v) is 9.66. The average Bonchev–Trinajstić information content (AvgIpc) is 3.28. The summed E-state index contributed by atoms with van der Waals surface area (Å²) in [6.45, 7) is 0.845. The van der Waals surface area contributed by atoms with Gasteiger partial charge in [0.2, 0.25) is 0 Å². The Morgan fingerprint density at radius 3 is 1.43 bits per heavy atom. The molecule has 2 aromatic rings. The lowest BCUT2D eigenvalue weighted by Gasteiger charge is -2.07. The van der Waals surface area contributed by atoms with E-state index in [1.165, 1.54) is 0 Å². The predicted octanol–water partition coefficient (Wildman–Crippen LogP) is 4.76. The van der Waals surface area contributed by atoms with E-state index in [2.05, 4.69) is 9.98 Å². The maximum atomic E-state index is 6.00. The Morgan fingerprint density at radius 1 is 0.714 bits per heavy atom. The molecule has 0 aliphatic carbocycles. The summed E-state index contributed by atoms with van der Waals surface area (Å²) < 4.78 is 10.1. The zero-order valence-electron chi connectivity index (χ0n) is 14.4. The van der Waals surface area contributed by atoms with Crippen molar-refractivity contribution in [2.24, 2.45) is 21.5 Å². The van der Waals surface area contributed by atoms with Gasteiger partial charge in [0.15, 0.2) is 0 Å². The highest BCUT2D eigenvalue weighted by Gasteiger charge is 2.22. The van der Waals surface area contributed by atoms with Gasteiger partial charge < -0.3 is 20.9 Å². The van der Waals surface area contributed by atoms with Gasteiger partial charge in [0.05, 0.1) is 0 Å². The molecule has 10 heteroatoms. The molecule has 0 saturated carbocycles. The quantitative estimate of drug-likeness (QED) is 0.673. The van der Waals surface area contributed by atoms with Crippen molar-refractivity contribution in [3.8, 4) is 0 Å². The molecule has 0 spiro atoms. The van der Waals surface area contributed by atoms with Gasteiger partial charge >= 0.3 is 0 Å². The summed E-state index contributed by atoms with van der Waals surface area (Å²) in [5, 5.41) is 2.51. The molecule has 2 heterocycles. The molecule has 0 fully saturated rings. The number of amidine groups is 2. The van der Waals surface area contributed by atoms with Crippen molar-refractivity contribution < 1.29 is 9.47 Å². The minimum Gasteiger partial charge on any atom is -0.463 e. The van der Waals surface area contributed by atoms with Crippen molar-refractivity contribution in [3.63, 3.8) is 0 Å². The van der Waals surface area contributed by atoms with Crippen molar-refractivity contribution in [2.75, 3.05) is 13.2 Å². The van der Waals surface area contributed by atoms with Crippen LogP contribution in [0.4, 0.5) is 0 Å². The summed E-state index contributed by atoms with van der Waals surface area (Å²) in [6, 6.07) is 10.6. The summed E-state index contributed by atoms with van der Waals surface area (Å²) in [7, 11) is 0. The topological polar surface area (TPSA) is 95.2 Å².